The second kappa shape index (κ2) is 9.35. The highest BCUT2D eigenvalue weighted by atomic mass is 32.2. The van der Waals surface area contributed by atoms with Gasteiger partial charge in [-0.3, -0.25) is 4.79 Å². The van der Waals surface area contributed by atoms with Gasteiger partial charge in [-0.05, 0) is 49.9 Å². The van der Waals surface area contributed by atoms with Crippen LogP contribution in [0.4, 0.5) is 0 Å². The summed E-state index contributed by atoms with van der Waals surface area (Å²) in [5.41, 5.74) is 0.765. The molecule has 1 fully saturated rings. The van der Waals surface area contributed by atoms with Crippen LogP contribution in [0.15, 0.2) is 47.4 Å². The topological polar surface area (TPSA) is 84.9 Å². The van der Waals surface area contributed by atoms with Gasteiger partial charge in [0, 0.05) is 25.1 Å². The van der Waals surface area contributed by atoms with Crippen LogP contribution in [0.1, 0.15) is 67.9 Å². The van der Waals surface area contributed by atoms with Crippen LogP contribution >= 0.6 is 0 Å². The Balaban J connectivity index is 1.67. The zero-order valence-electron chi connectivity index (χ0n) is 19.5. The number of hydrogen-bond donors (Lipinski definition) is 1. The molecule has 33 heavy (non-hydrogen) atoms. The molecule has 178 valence electrons. The van der Waals surface area contributed by atoms with E-state index < -0.39 is 10.0 Å². The summed E-state index contributed by atoms with van der Waals surface area (Å²) in [6, 6.07) is 12.0. The molecule has 0 unspecified atom stereocenters. The van der Waals surface area contributed by atoms with Crippen LogP contribution in [0.2, 0.25) is 0 Å². The molecule has 2 aliphatic heterocycles. The SMILES string of the molecule is CCC1(CC)C[C@@H](NC(=O)c2cc(S(=O)(=O)N3CCCC3)ccc2OC)c2ccccc2O1. The van der Waals surface area contributed by atoms with Gasteiger partial charge in [0.15, 0.2) is 0 Å². The number of methoxy groups -OCH3 is 1. The number of sulfonamides is 1. The van der Waals surface area contributed by atoms with Gasteiger partial charge >= 0.3 is 0 Å². The third kappa shape index (κ3) is 4.46. The van der Waals surface area contributed by atoms with E-state index in [0.29, 0.717) is 25.3 Å². The normalized spacial score (nSPS) is 20.0. The molecule has 0 bridgehead atoms. The molecular weight excluding hydrogens is 440 g/mol. The monoisotopic (exact) mass is 472 g/mol. The molecule has 0 spiro atoms. The van der Waals surface area contributed by atoms with Crippen molar-refractivity contribution in [2.45, 2.75) is 62.5 Å². The largest absolute Gasteiger partial charge is 0.496 e. The molecule has 0 aliphatic carbocycles. The smallest absolute Gasteiger partial charge is 0.255 e. The number of benzene rings is 2. The summed E-state index contributed by atoms with van der Waals surface area (Å²) >= 11 is 0. The Kier molecular flexibility index (Phi) is 6.68. The fourth-order valence-corrected chi connectivity index (χ4v) is 6.31. The van der Waals surface area contributed by atoms with Crippen molar-refractivity contribution in [3.8, 4) is 11.5 Å². The first-order valence-electron chi connectivity index (χ1n) is 11.6. The summed E-state index contributed by atoms with van der Waals surface area (Å²) in [7, 11) is -2.17. The Bertz CT molecular complexity index is 1120. The number of ether oxygens (including phenoxy) is 2. The summed E-state index contributed by atoms with van der Waals surface area (Å²) in [6.45, 7) is 5.19. The van der Waals surface area contributed by atoms with Gasteiger partial charge in [0.25, 0.3) is 5.91 Å². The van der Waals surface area contributed by atoms with Gasteiger partial charge in [-0.25, -0.2) is 8.42 Å². The van der Waals surface area contributed by atoms with Crippen molar-refractivity contribution >= 4 is 15.9 Å². The average Bonchev–Trinajstić information content (AvgIpc) is 3.39. The summed E-state index contributed by atoms with van der Waals surface area (Å²) in [6.07, 6.45) is 3.97. The fourth-order valence-electron chi connectivity index (χ4n) is 4.77. The van der Waals surface area contributed by atoms with Crippen molar-refractivity contribution in [2.75, 3.05) is 20.2 Å². The van der Waals surface area contributed by atoms with Gasteiger partial charge in [0.2, 0.25) is 10.0 Å². The lowest BCUT2D eigenvalue weighted by molar-refractivity contribution is 0.0227. The van der Waals surface area contributed by atoms with Crippen molar-refractivity contribution in [3.05, 3.63) is 53.6 Å². The Morgan fingerprint density at radius 1 is 1.15 bits per heavy atom. The number of rotatable bonds is 7. The van der Waals surface area contributed by atoms with Gasteiger partial charge in [-0.2, -0.15) is 4.31 Å². The first-order chi connectivity index (χ1) is 15.8. The molecule has 4 rings (SSSR count). The molecule has 0 aromatic heterocycles. The predicted molar refractivity (Wildman–Crippen MR) is 126 cm³/mol. The molecule has 0 radical (unpaired) electrons. The second-order valence-corrected chi connectivity index (χ2v) is 10.7. The lowest BCUT2D eigenvalue weighted by Gasteiger charge is -2.41. The van der Waals surface area contributed by atoms with E-state index in [4.69, 9.17) is 9.47 Å². The van der Waals surface area contributed by atoms with E-state index in [0.717, 1.165) is 37.0 Å². The molecule has 1 amide bonds. The maximum Gasteiger partial charge on any atom is 0.255 e. The average molecular weight is 473 g/mol. The minimum Gasteiger partial charge on any atom is -0.496 e. The molecule has 1 N–H and O–H groups in total. The zero-order chi connectivity index (χ0) is 23.6. The van der Waals surface area contributed by atoms with E-state index in [9.17, 15) is 13.2 Å². The van der Waals surface area contributed by atoms with Crippen molar-refractivity contribution in [1.82, 2.24) is 9.62 Å². The van der Waals surface area contributed by atoms with Gasteiger partial charge in [-0.1, -0.05) is 32.0 Å². The third-order valence-corrected chi connectivity index (χ3v) is 8.80. The molecule has 7 nitrogen and oxygen atoms in total. The van der Waals surface area contributed by atoms with E-state index >= 15 is 0 Å². The van der Waals surface area contributed by atoms with E-state index in [1.165, 1.54) is 23.5 Å². The molecule has 1 atom stereocenters. The van der Waals surface area contributed by atoms with Crippen LogP contribution in [0.25, 0.3) is 0 Å². The van der Waals surface area contributed by atoms with E-state index in [-0.39, 0.29) is 28.0 Å². The summed E-state index contributed by atoms with van der Waals surface area (Å²) in [5, 5.41) is 3.13. The lowest BCUT2D eigenvalue weighted by Crippen LogP contribution is -2.44. The summed E-state index contributed by atoms with van der Waals surface area (Å²) in [4.78, 5) is 13.6. The van der Waals surface area contributed by atoms with Crippen LogP contribution in [-0.2, 0) is 10.0 Å². The molecule has 1 saturated heterocycles. The molecule has 2 aliphatic rings. The standard InChI is InChI=1S/C25H32N2O5S/c1-4-25(5-2)17-21(19-10-6-7-11-23(19)32-25)26-24(28)20-16-18(12-13-22(20)31-3)33(29,30)27-14-8-9-15-27/h6-7,10-13,16,21H,4-5,8-9,14-15,17H2,1-3H3,(H,26,28)/t21-/m1/s1. The van der Waals surface area contributed by atoms with Gasteiger partial charge in [0.05, 0.1) is 23.6 Å². The Hall–Kier alpha value is -2.58. The molecule has 2 aromatic carbocycles. The Labute approximate surface area is 196 Å². The molecule has 0 saturated carbocycles. The van der Waals surface area contributed by atoms with Crippen LogP contribution < -0.4 is 14.8 Å². The lowest BCUT2D eigenvalue weighted by atomic mass is 9.83. The molecule has 8 heteroatoms. The maximum absolute atomic E-state index is 13.5. The number of hydrogen-bond acceptors (Lipinski definition) is 5. The first kappa shape index (κ1) is 23.6. The highest BCUT2D eigenvalue weighted by Gasteiger charge is 2.39. The number of amides is 1. The number of para-hydroxylation sites is 1. The Morgan fingerprint density at radius 2 is 1.85 bits per heavy atom. The number of nitrogens with zero attached hydrogens (tertiary/aromatic N) is 1. The van der Waals surface area contributed by atoms with Gasteiger partial charge in [-0.15, -0.1) is 0 Å². The van der Waals surface area contributed by atoms with Gasteiger partial charge < -0.3 is 14.8 Å². The minimum absolute atomic E-state index is 0.110. The predicted octanol–water partition coefficient (Wildman–Crippen LogP) is 4.29. The second-order valence-electron chi connectivity index (χ2n) is 8.73. The number of carbonyl (C=O) groups excluding carboxylic acids is 1. The van der Waals surface area contributed by atoms with Crippen LogP contribution in [0.3, 0.4) is 0 Å². The fraction of sp³-hybridized carbons (Fsp3) is 0.480. The van der Waals surface area contributed by atoms with Crippen molar-refractivity contribution in [1.29, 1.82) is 0 Å². The van der Waals surface area contributed by atoms with E-state index in [2.05, 4.69) is 19.2 Å². The summed E-state index contributed by atoms with van der Waals surface area (Å²) < 4.78 is 39.3. The molecular formula is C25H32N2O5S. The Morgan fingerprint density at radius 3 is 2.52 bits per heavy atom. The quantitative estimate of drug-likeness (QED) is 0.650. The van der Waals surface area contributed by atoms with Gasteiger partial charge in [0.1, 0.15) is 17.1 Å². The van der Waals surface area contributed by atoms with E-state index in [1.54, 1.807) is 6.07 Å². The number of fused-ring (bicyclic) bond motifs is 1. The maximum atomic E-state index is 13.5. The van der Waals surface area contributed by atoms with Crippen LogP contribution in [-0.4, -0.2) is 44.4 Å². The van der Waals surface area contributed by atoms with Crippen LogP contribution in [0.5, 0.6) is 11.5 Å². The van der Waals surface area contributed by atoms with Crippen molar-refractivity contribution in [3.63, 3.8) is 0 Å². The minimum atomic E-state index is -3.65. The molecule has 2 heterocycles. The summed E-state index contributed by atoms with van der Waals surface area (Å²) in [5.74, 6) is 0.744. The highest BCUT2D eigenvalue weighted by Crippen LogP contribution is 2.43. The number of carbonyl (C=O) groups is 1. The first-order valence-corrected chi connectivity index (χ1v) is 13.0. The van der Waals surface area contributed by atoms with Crippen molar-refractivity contribution in [2.24, 2.45) is 0 Å². The zero-order valence-corrected chi connectivity index (χ0v) is 20.3. The number of nitrogens with one attached hydrogen (secondary N) is 1. The van der Waals surface area contributed by atoms with Crippen LogP contribution in [0, 0.1) is 0 Å². The highest BCUT2D eigenvalue weighted by molar-refractivity contribution is 7.89. The molecule has 2 aromatic rings. The van der Waals surface area contributed by atoms with E-state index in [1.807, 2.05) is 24.3 Å². The third-order valence-electron chi connectivity index (χ3n) is 6.91. The van der Waals surface area contributed by atoms with Crippen molar-refractivity contribution < 1.29 is 22.7 Å².